The molecule has 6 nitrogen and oxygen atoms in total. The third-order valence-corrected chi connectivity index (χ3v) is 3.12. The summed E-state index contributed by atoms with van der Waals surface area (Å²) in [6.07, 6.45) is 3.31. The summed E-state index contributed by atoms with van der Waals surface area (Å²) in [5.41, 5.74) is 2.78. The second-order valence-electron chi connectivity index (χ2n) is 4.64. The molecule has 0 radical (unpaired) electrons. The lowest BCUT2D eigenvalue weighted by Crippen LogP contribution is -1.99. The molecule has 0 bridgehead atoms. The number of aromatic amines is 1. The third-order valence-electron chi connectivity index (χ3n) is 3.12. The number of ether oxygens (including phenoxy) is 1. The lowest BCUT2D eigenvalue weighted by atomic mass is 10.1. The number of nitrogens with one attached hydrogen (secondary N) is 1. The van der Waals surface area contributed by atoms with Crippen molar-refractivity contribution in [1.82, 2.24) is 15.2 Å². The Bertz CT molecular complexity index is 750. The molecule has 3 rings (SSSR count). The van der Waals surface area contributed by atoms with Gasteiger partial charge in [0, 0.05) is 6.20 Å². The van der Waals surface area contributed by atoms with Crippen LogP contribution in [0.4, 0.5) is 0 Å². The molecule has 0 unspecified atom stereocenters. The number of pyridine rings is 1. The Morgan fingerprint density at radius 1 is 1.14 bits per heavy atom. The van der Waals surface area contributed by atoms with Crippen molar-refractivity contribution >= 4 is 5.97 Å². The average molecular weight is 295 g/mol. The number of carbonyl (C=O) groups is 1. The first-order valence-corrected chi connectivity index (χ1v) is 6.63. The maximum absolute atomic E-state index is 10.8. The van der Waals surface area contributed by atoms with Crippen molar-refractivity contribution in [2.45, 2.75) is 6.61 Å². The number of nitrogens with zero attached hydrogens (tertiary/aromatic N) is 2. The molecule has 0 aliphatic heterocycles. The normalized spacial score (nSPS) is 10.4. The van der Waals surface area contributed by atoms with Crippen molar-refractivity contribution in [3.63, 3.8) is 0 Å². The molecule has 2 N–H and O–H groups in total. The smallest absolute Gasteiger partial charge is 0.335 e. The molecule has 3 aromatic rings. The van der Waals surface area contributed by atoms with Gasteiger partial charge < -0.3 is 9.84 Å². The van der Waals surface area contributed by atoms with Gasteiger partial charge in [0.05, 0.1) is 23.1 Å². The van der Waals surface area contributed by atoms with E-state index in [2.05, 4.69) is 15.2 Å². The van der Waals surface area contributed by atoms with E-state index < -0.39 is 5.97 Å². The van der Waals surface area contributed by atoms with Crippen molar-refractivity contribution in [3.05, 3.63) is 66.0 Å². The quantitative estimate of drug-likeness (QED) is 0.755. The fourth-order valence-electron chi connectivity index (χ4n) is 1.93. The number of hydrogen-bond acceptors (Lipinski definition) is 4. The van der Waals surface area contributed by atoms with Crippen molar-refractivity contribution in [1.29, 1.82) is 0 Å². The van der Waals surface area contributed by atoms with Crippen molar-refractivity contribution < 1.29 is 14.6 Å². The summed E-state index contributed by atoms with van der Waals surface area (Å²) in [5, 5.41) is 15.6. The highest BCUT2D eigenvalue weighted by molar-refractivity contribution is 5.87. The van der Waals surface area contributed by atoms with E-state index >= 15 is 0 Å². The van der Waals surface area contributed by atoms with Crippen LogP contribution in [0.5, 0.6) is 5.75 Å². The summed E-state index contributed by atoms with van der Waals surface area (Å²) in [6, 6.07) is 12.1. The molecule has 0 saturated carbocycles. The van der Waals surface area contributed by atoms with Crippen LogP contribution in [-0.2, 0) is 6.61 Å². The molecule has 0 fully saturated rings. The summed E-state index contributed by atoms with van der Waals surface area (Å²) in [4.78, 5) is 15.1. The van der Waals surface area contributed by atoms with Crippen LogP contribution in [0.25, 0.3) is 11.4 Å². The molecule has 2 heterocycles. The number of hydrogen-bond donors (Lipinski definition) is 2. The molecule has 0 saturated heterocycles. The van der Waals surface area contributed by atoms with Crippen LogP contribution in [0.3, 0.4) is 0 Å². The van der Waals surface area contributed by atoms with E-state index in [0.717, 1.165) is 17.0 Å². The van der Waals surface area contributed by atoms with Gasteiger partial charge in [0.15, 0.2) is 0 Å². The largest absolute Gasteiger partial charge is 0.487 e. The number of carboxylic acids is 1. The topological polar surface area (TPSA) is 88.1 Å². The Balaban J connectivity index is 1.63. The van der Waals surface area contributed by atoms with Crippen LogP contribution in [0.2, 0.25) is 0 Å². The molecule has 0 aliphatic carbocycles. The third kappa shape index (κ3) is 3.12. The number of H-pyrrole nitrogens is 1. The van der Waals surface area contributed by atoms with Crippen LogP contribution in [0, 0.1) is 0 Å². The Morgan fingerprint density at radius 2 is 1.95 bits per heavy atom. The van der Waals surface area contributed by atoms with Gasteiger partial charge in [-0.2, -0.15) is 5.10 Å². The SMILES string of the molecule is O=C(O)c1ccc(COc2ccc(-c3ccn[nH]3)nc2)cc1. The van der Waals surface area contributed by atoms with Crippen LogP contribution in [-0.4, -0.2) is 26.3 Å². The maximum Gasteiger partial charge on any atom is 0.335 e. The Hall–Kier alpha value is -3.15. The molecular formula is C16H13N3O3. The van der Waals surface area contributed by atoms with Crippen LogP contribution in [0.15, 0.2) is 54.9 Å². The van der Waals surface area contributed by atoms with Gasteiger partial charge >= 0.3 is 5.97 Å². The lowest BCUT2D eigenvalue weighted by molar-refractivity contribution is 0.0697. The van der Waals surface area contributed by atoms with E-state index in [1.165, 1.54) is 0 Å². The van der Waals surface area contributed by atoms with E-state index in [9.17, 15) is 4.79 Å². The fraction of sp³-hybridized carbons (Fsp3) is 0.0625. The van der Waals surface area contributed by atoms with E-state index in [1.54, 1.807) is 36.7 Å². The molecular weight excluding hydrogens is 282 g/mol. The van der Waals surface area contributed by atoms with E-state index in [0.29, 0.717) is 12.4 Å². The van der Waals surface area contributed by atoms with Crippen molar-refractivity contribution in [2.24, 2.45) is 0 Å². The predicted octanol–water partition coefficient (Wildman–Crippen LogP) is 2.75. The molecule has 0 atom stereocenters. The molecule has 110 valence electrons. The van der Waals surface area contributed by atoms with E-state index in [4.69, 9.17) is 9.84 Å². The van der Waals surface area contributed by atoms with E-state index in [-0.39, 0.29) is 5.56 Å². The summed E-state index contributed by atoms with van der Waals surface area (Å²) in [5.74, 6) is -0.295. The molecule has 0 spiro atoms. The average Bonchev–Trinajstić information content (AvgIpc) is 3.08. The van der Waals surface area contributed by atoms with Gasteiger partial charge in [-0.15, -0.1) is 0 Å². The van der Waals surface area contributed by atoms with Gasteiger partial charge in [0.25, 0.3) is 0 Å². The first-order chi connectivity index (χ1) is 10.7. The molecule has 0 aliphatic rings. The van der Waals surface area contributed by atoms with Gasteiger partial charge in [-0.1, -0.05) is 12.1 Å². The van der Waals surface area contributed by atoms with Crippen LogP contribution < -0.4 is 4.74 Å². The first kappa shape index (κ1) is 13.8. The zero-order valence-electron chi connectivity index (χ0n) is 11.6. The van der Waals surface area contributed by atoms with Crippen LogP contribution >= 0.6 is 0 Å². The monoisotopic (exact) mass is 295 g/mol. The Kier molecular flexibility index (Phi) is 3.82. The minimum absolute atomic E-state index is 0.259. The molecule has 6 heteroatoms. The number of aromatic carboxylic acids is 1. The summed E-state index contributed by atoms with van der Waals surface area (Å²) >= 11 is 0. The van der Waals surface area contributed by atoms with Gasteiger partial charge in [-0.05, 0) is 35.9 Å². The second kappa shape index (κ2) is 6.09. The summed E-state index contributed by atoms with van der Waals surface area (Å²) < 4.78 is 5.63. The Morgan fingerprint density at radius 3 is 2.55 bits per heavy atom. The van der Waals surface area contributed by atoms with Crippen molar-refractivity contribution in [2.75, 3.05) is 0 Å². The van der Waals surface area contributed by atoms with Crippen molar-refractivity contribution in [3.8, 4) is 17.1 Å². The predicted molar refractivity (Wildman–Crippen MR) is 79.6 cm³/mol. The lowest BCUT2D eigenvalue weighted by Gasteiger charge is -2.06. The molecule has 0 amide bonds. The number of rotatable bonds is 5. The Labute approximate surface area is 126 Å². The minimum Gasteiger partial charge on any atom is -0.487 e. The summed E-state index contributed by atoms with van der Waals surface area (Å²) in [6.45, 7) is 0.352. The molecule has 1 aromatic carbocycles. The van der Waals surface area contributed by atoms with Crippen LogP contribution in [0.1, 0.15) is 15.9 Å². The number of benzene rings is 1. The van der Waals surface area contributed by atoms with Gasteiger partial charge in [0.2, 0.25) is 0 Å². The van der Waals surface area contributed by atoms with Gasteiger partial charge in [-0.25, -0.2) is 4.79 Å². The number of aromatic nitrogens is 3. The highest BCUT2D eigenvalue weighted by Gasteiger charge is 2.04. The first-order valence-electron chi connectivity index (χ1n) is 6.63. The fourth-order valence-corrected chi connectivity index (χ4v) is 1.93. The summed E-state index contributed by atoms with van der Waals surface area (Å²) in [7, 11) is 0. The molecule has 2 aromatic heterocycles. The number of carboxylic acid groups (broad SMARTS) is 1. The highest BCUT2D eigenvalue weighted by Crippen LogP contribution is 2.18. The standard InChI is InChI=1S/C16H13N3O3/c20-16(21)12-3-1-11(2-4-12)10-22-13-5-6-14(17-9-13)15-7-8-18-19-15/h1-9H,10H2,(H,18,19)(H,20,21). The van der Waals surface area contributed by atoms with E-state index in [1.807, 2.05) is 18.2 Å². The highest BCUT2D eigenvalue weighted by atomic mass is 16.5. The molecule has 22 heavy (non-hydrogen) atoms. The maximum atomic E-state index is 10.8. The zero-order valence-corrected chi connectivity index (χ0v) is 11.6. The van der Waals surface area contributed by atoms with Gasteiger partial charge in [0.1, 0.15) is 12.4 Å². The zero-order chi connectivity index (χ0) is 15.4. The second-order valence-corrected chi connectivity index (χ2v) is 4.64. The minimum atomic E-state index is -0.939. The van der Waals surface area contributed by atoms with Gasteiger partial charge in [-0.3, -0.25) is 10.1 Å².